The highest BCUT2D eigenvalue weighted by atomic mass is 32.1. The number of anilines is 1. The number of methoxy groups -OCH3 is 1. The molecule has 0 saturated carbocycles. The zero-order chi connectivity index (χ0) is 38.2. The highest BCUT2D eigenvalue weighted by molar-refractivity contribution is 7.79. The van der Waals surface area contributed by atoms with E-state index in [9.17, 15) is 24.0 Å². The number of aldehydes is 4. The van der Waals surface area contributed by atoms with Crippen molar-refractivity contribution in [3.63, 3.8) is 0 Å². The van der Waals surface area contributed by atoms with Crippen molar-refractivity contribution in [3.05, 3.63) is 154 Å². The number of rotatable bonds is 7. The Labute approximate surface area is 303 Å². The lowest BCUT2D eigenvalue weighted by atomic mass is 10.1. The molecule has 0 aliphatic rings. The maximum Gasteiger partial charge on any atom is 0.221 e. The van der Waals surface area contributed by atoms with Gasteiger partial charge in [0.2, 0.25) is 5.91 Å². The molecule has 264 valence electrons. The predicted molar refractivity (Wildman–Crippen MR) is 205 cm³/mol. The third-order valence-electron chi connectivity index (χ3n) is 6.61. The van der Waals surface area contributed by atoms with Crippen LogP contribution in [0, 0.1) is 20.8 Å². The molecular weight excluding hydrogens is 667 g/mol. The van der Waals surface area contributed by atoms with E-state index in [1.807, 2.05) is 44.2 Å². The van der Waals surface area contributed by atoms with Crippen molar-refractivity contribution in [2.45, 2.75) is 27.7 Å². The minimum absolute atomic E-state index is 0.117. The highest BCUT2D eigenvalue weighted by Gasteiger charge is 1.98. The summed E-state index contributed by atoms with van der Waals surface area (Å²) in [6.07, 6.45) is 3.02. The van der Waals surface area contributed by atoms with Crippen molar-refractivity contribution in [3.8, 4) is 17.2 Å². The van der Waals surface area contributed by atoms with Crippen LogP contribution >= 0.6 is 12.2 Å². The largest absolute Gasteiger partial charge is 0.504 e. The van der Waals surface area contributed by atoms with Gasteiger partial charge in [-0.05, 0) is 98.1 Å². The molecule has 0 aliphatic heterocycles. The first-order chi connectivity index (χ1) is 24.4. The smallest absolute Gasteiger partial charge is 0.221 e. The number of carbonyl (C=O) groups is 5. The summed E-state index contributed by atoms with van der Waals surface area (Å²) in [5, 5.41) is 21.9. The van der Waals surface area contributed by atoms with Crippen LogP contribution in [0.25, 0.3) is 0 Å². The Morgan fingerprint density at radius 3 is 1.61 bits per heavy atom. The molecule has 0 unspecified atom stereocenters. The second-order valence-corrected chi connectivity index (χ2v) is 10.9. The van der Waals surface area contributed by atoms with Crippen molar-refractivity contribution in [2.75, 3.05) is 12.4 Å². The van der Waals surface area contributed by atoms with E-state index in [0.29, 0.717) is 34.4 Å². The minimum Gasteiger partial charge on any atom is -0.504 e. The Morgan fingerprint density at radius 2 is 1.12 bits per heavy atom. The standard InChI is InChI=1S/C9H9NO2.C9H10O.C8H8O2.C8H8S.C7H6O3/c1-7(12)10-9-4-2-8(6-11)3-5-9;1-7-3-4-9(6-10)5-8(7)2;1-10-8-4-2-3-7(5-8)6-9;1-7-2-4-8(6-9)5-3-7;8-4-5-1-2-6(9)7(10)3-5/h2-6H,1H3,(H,10,12);3-6H,1-2H3;2-6H,1H3;2-6H,1H3;1-4,9-10H. The number of aromatic hydroxyl groups is 2. The van der Waals surface area contributed by atoms with Crippen LogP contribution in [0.5, 0.6) is 17.2 Å². The van der Waals surface area contributed by atoms with Gasteiger partial charge in [0.15, 0.2) is 11.5 Å². The molecule has 0 saturated heterocycles. The fraction of sp³-hybridized carbons (Fsp3) is 0.122. The number of benzene rings is 5. The highest BCUT2D eigenvalue weighted by Crippen LogP contribution is 2.23. The molecule has 0 bridgehead atoms. The number of hydrogen-bond acceptors (Lipinski definition) is 9. The van der Waals surface area contributed by atoms with E-state index in [0.717, 1.165) is 30.0 Å². The van der Waals surface area contributed by atoms with E-state index >= 15 is 0 Å². The molecule has 0 fully saturated rings. The van der Waals surface area contributed by atoms with Gasteiger partial charge in [-0.2, -0.15) is 0 Å². The van der Waals surface area contributed by atoms with E-state index in [4.69, 9.17) is 27.2 Å². The predicted octanol–water partition coefficient (Wildman–Crippen LogP) is 8.33. The van der Waals surface area contributed by atoms with Crippen molar-refractivity contribution < 1.29 is 38.9 Å². The lowest BCUT2D eigenvalue weighted by Crippen LogP contribution is -2.05. The number of aryl methyl sites for hydroxylation is 3. The number of hydrogen-bond donors (Lipinski definition) is 3. The maximum absolute atomic E-state index is 10.6. The van der Waals surface area contributed by atoms with Crippen LogP contribution in [0.3, 0.4) is 0 Å². The van der Waals surface area contributed by atoms with Crippen LogP contribution in [0.1, 0.15) is 70.6 Å². The van der Waals surface area contributed by atoms with Crippen LogP contribution in [0.15, 0.2) is 109 Å². The molecule has 3 N–H and O–H groups in total. The molecule has 0 radical (unpaired) electrons. The van der Waals surface area contributed by atoms with E-state index < -0.39 is 0 Å². The molecule has 5 aromatic rings. The fourth-order valence-electron chi connectivity index (χ4n) is 3.66. The Hall–Kier alpha value is -6.26. The number of thiocarbonyl (C=S) groups is 1. The molecule has 5 rings (SSSR count). The van der Waals surface area contributed by atoms with Crippen LogP contribution < -0.4 is 10.1 Å². The zero-order valence-corrected chi connectivity index (χ0v) is 29.8. The third kappa shape index (κ3) is 17.6. The molecule has 0 heterocycles. The van der Waals surface area contributed by atoms with E-state index in [2.05, 4.69) is 24.4 Å². The topological polar surface area (TPSA) is 147 Å². The Balaban J connectivity index is 0.000000320. The van der Waals surface area contributed by atoms with Gasteiger partial charge in [0.1, 0.15) is 30.9 Å². The monoisotopic (exact) mass is 707 g/mol. The first-order valence-electron chi connectivity index (χ1n) is 15.3. The molecule has 0 aromatic heterocycles. The number of nitrogens with one attached hydrogen (secondary N) is 1. The lowest BCUT2D eigenvalue weighted by molar-refractivity contribution is -0.114. The first kappa shape index (κ1) is 42.8. The quantitative estimate of drug-likeness (QED) is 0.0863. The molecule has 0 spiro atoms. The third-order valence-corrected chi connectivity index (χ3v) is 6.89. The molecule has 0 atom stereocenters. The van der Waals surface area contributed by atoms with Gasteiger partial charge in [-0.1, -0.05) is 66.3 Å². The second kappa shape index (κ2) is 24.0. The zero-order valence-electron chi connectivity index (χ0n) is 29.0. The molecule has 1 amide bonds. The summed E-state index contributed by atoms with van der Waals surface area (Å²) in [6.45, 7) is 7.53. The fourth-order valence-corrected chi connectivity index (χ4v) is 3.82. The number of phenolic OH excluding ortho intramolecular Hbond substituents is 2. The molecule has 5 aromatic carbocycles. The number of phenols is 2. The van der Waals surface area contributed by atoms with Gasteiger partial charge in [0.05, 0.1) is 7.11 Å². The summed E-state index contributed by atoms with van der Waals surface area (Å²) in [7, 11) is 1.57. The minimum atomic E-state index is -0.274. The molecule has 0 aliphatic carbocycles. The van der Waals surface area contributed by atoms with E-state index in [-0.39, 0.29) is 17.4 Å². The summed E-state index contributed by atoms with van der Waals surface area (Å²) >= 11 is 4.74. The van der Waals surface area contributed by atoms with Gasteiger partial charge in [-0.15, -0.1) is 0 Å². The average molecular weight is 708 g/mol. The molecule has 9 nitrogen and oxygen atoms in total. The lowest BCUT2D eigenvalue weighted by Gasteiger charge is -2.00. The summed E-state index contributed by atoms with van der Waals surface area (Å²) in [5.74, 6) is 0.105. The van der Waals surface area contributed by atoms with Crippen LogP contribution in [0.2, 0.25) is 0 Å². The van der Waals surface area contributed by atoms with E-state index in [1.165, 1.54) is 41.8 Å². The molecule has 10 heteroatoms. The SMILES string of the molecule is CC(=O)Nc1ccc(C=O)cc1.COc1cccc(C=O)c1.Cc1ccc(C=O)cc1C.Cc1ccc(C=S)cc1.O=Cc1ccc(O)c(O)c1. The van der Waals surface area contributed by atoms with Crippen LogP contribution in [0.4, 0.5) is 5.69 Å². The Morgan fingerprint density at radius 1 is 0.608 bits per heavy atom. The Bertz CT molecular complexity index is 1820. The summed E-state index contributed by atoms with van der Waals surface area (Å²) < 4.78 is 4.90. The van der Waals surface area contributed by atoms with Crippen molar-refractivity contribution >= 4 is 54.3 Å². The van der Waals surface area contributed by atoms with Gasteiger partial charge in [0, 0.05) is 40.2 Å². The van der Waals surface area contributed by atoms with Gasteiger partial charge in [0.25, 0.3) is 0 Å². The molecule has 51 heavy (non-hydrogen) atoms. The van der Waals surface area contributed by atoms with Crippen molar-refractivity contribution in [1.82, 2.24) is 0 Å². The van der Waals surface area contributed by atoms with Gasteiger partial charge in [-0.25, -0.2) is 0 Å². The van der Waals surface area contributed by atoms with E-state index in [1.54, 1.807) is 61.0 Å². The van der Waals surface area contributed by atoms with Gasteiger partial charge < -0.3 is 20.3 Å². The summed E-state index contributed by atoms with van der Waals surface area (Å²) in [5.41, 5.74) is 7.82. The second-order valence-electron chi connectivity index (χ2n) is 10.7. The van der Waals surface area contributed by atoms with Gasteiger partial charge >= 0.3 is 0 Å². The summed E-state index contributed by atoms with van der Waals surface area (Å²) in [4.78, 5) is 51.4. The Kier molecular flexibility index (Phi) is 20.1. The van der Waals surface area contributed by atoms with Crippen LogP contribution in [-0.4, -0.2) is 53.7 Å². The normalized spacial score (nSPS) is 9.12. The molecular formula is C41H41NO8S. The number of amides is 1. The number of carbonyl (C=O) groups excluding carboxylic acids is 5. The maximum atomic E-state index is 10.6. The van der Waals surface area contributed by atoms with Crippen molar-refractivity contribution in [1.29, 1.82) is 0 Å². The van der Waals surface area contributed by atoms with Crippen LogP contribution in [-0.2, 0) is 4.79 Å². The van der Waals surface area contributed by atoms with Crippen molar-refractivity contribution in [2.24, 2.45) is 0 Å². The average Bonchev–Trinajstić information content (AvgIpc) is 3.15. The number of ether oxygens (including phenoxy) is 1. The van der Waals surface area contributed by atoms with Gasteiger partial charge in [-0.3, -0.25) is 24.0 Å². The summed E-state index contributed by atoms with van der Waals surface area (Å²) in [6, 6.07) is 31.4. The first-order valence-corrected chi connectivity index (χ1v) is 15.8.